The van der Waals surface area contributed by atoms with Crippen molar-refractivity contribution in [1.29, 1.82) is 0 Å². The number of benzene rings is 3. The molecule has 0 fully saturated rings. The quantitative estimate of drug-likeness (QED) is 0.281. The van der Waals surface area contributed by atoms with Crippen LogP contribution in [0.3, 0.4) is 0 Å². The number of ether oxygens (including phenoxy) is 2. The minimum Gasteiger partial charge on any atom is -0.477 e. The minimum absolute atomic E-state index is 0.314. The zero-order valence-electron chi connectivity index (χ0n) is 15.3. The average Bonchev–Trinajstić information content (AvgIpc) is 3.14. The second-order valence-electron chi connectivity index (χ2n) is 6.27. The Morgan fingerprint density at radius 2 is 1.83 bits per heavy atom. The van der Waals surface area contributed by atoms with E-state index in [2.05, 4.69) is 4.98 Å². The van der Waals surface area contributed by atoms with E-state index in [1.807, 2.05) is 30.3 Å². The summed E-state index contributed by atoms with van der Waals surface area (Å²) in [6, 6.07) is 19.3. The third-order valence-corrected chi connectivity index (χ3v) is 4.66. The van der Waals surface area contributed by atoms with Gasteiger partial charge in [-0.2, -0.15) is 0 Å². The smallest absolute Gasteiger partial charge is 0.352 e. The van der Waals surface area contributed by atoms with Gasteiger partial charge in [-0.25, -0.2) is 9.78 Å². The number of hydrogen-bond donors (Lipinski definition) is 0. The summed E-state index contributed by atoms with van der Waals surface area (Å²) in [5.74, 6) is 0.603. The van der Waals surface area contributed by atoms with Gasteiger partial charge in [0.25, 0.3) is 0 Å². The summed E-state index contributed by atoms with van der Waals surface area (Å²) in [5, 5.41) is 0.793. The molecular weight excluding hydrogens is 413 g/mol. The van der Waals surface area contributed by atoms with Crippen molar-refractivity contribution < 1.29 is 18.7 Å². The summed E-state index contributed by atoms with van der Waals surface area (Å²) in [4.78, 5) is 16.8. The van der Waals surface area contributed by atoms with Gasteiger partial charge in [-0.1, -0.05) is 41.4 Å². The van der Waals surface area contributed by atoms with Crippen molar-refractivity contribution in [2.24, 2.45) is 0 Å². The van der Waals surface area contributed by atoms with Crippen LogP contribution in [-0.4, -0.2) is 17.1 Å². The molecule has 0 amide bonds. The molecule has 4 rings (SSSR count). The van der Waals surface area contributed by atoms with Gasteiger partial charge in [0.05, 0.1) is 5.02 Å². The lowest BCUT2D eigenvalue weighted by Gasteiger charge is -2.14. The van der Waals surface area contributed by atoms with E-state index in [-0.39, 0.29) is 0 Å². The van der Waals surface area contributed by atoms with Crippen molar-refractivity contribution in [3.05, 3.63) is 76.8 Å². The Kier molecular flexibility index (Phi) is 5.43. The van der Waals surface area contributed by atoms with E-state index in [9.17, 15) is 4.79 Å². The number of oxazole rings is 1. The molecule has 1 heterocycles. The lowest BCUT2D eigenvalue weighted by Crippen LogP contribution is -2.28. The maximum atomic E-state index is 12.4. The normalized spacial score (nSPS) is 12.0. The molecule has 0 aliphatic rings. The van der Waals surface area contributed by atoms with Crippen LogP contribution < -0.4 is 9.47 Å². The number of carbonyl (C=O) groups excluding carboxylic acids is 1. The Morgan fingerprint density at radius 1 is 1.03 bits per heavy atom. The standard InChI is InChI=1S/C22H15Cl2NO4/c1-13(27-19-10-7-15(23)11-17(19)24)22(26)28-16-8-9-18-20(12-16)29-21(25-18)14-5-3-2-4-6-14/h2-13H,1H3. The summed E-state index contributed by atoms with van der Waals surface area (Å²) in [6.07, 6.45) is -0.876. The van der Waals surface area contributed by atoms with E-state index in [0.29, 0.717) is 38.5 Å². The second-order valence-corrected chi connectivity index (χ2v) is 7.11. The number of aromatic nitrogens is 1. The molecule has 1 atom stereocenters. The summed E-state index contributed by atoms with van der Waals surface area (Å²) < 4.78 is 16.8. The largest absolute Gasteiger partial charge is 0.477 e. The van der Waals surface area contributed by atoms with E-state index in [4.69, 9.17) is 37.1 Å². The third-order valence-electron chi connectivity index (χ3n) is 4.13. The Labute approximate surface area is 176 Å². The molecule has 0 aliphatic carbocycles. The Morgan fingerprint density at radius 3 is 2.59 bits per heavy atom. The van der Waals surface area contributed by atoms with E-state index in [1.54, 1.807) is 43.3 Å². The van der Waals surface area contributed by atoms with Gasteiger partial charge in [-0.05, 0) is 49.4 Å². The van der Waals surface area contributed by atoms with Crippen LogP contribution in [0.5, 0.6) is 11.5 Å². The van der Waals surface area contributed by atoms with E-state index in [0.717, 1.165) is 5.56 Å². The highest BCUT2D eigenvalue weighted by Gasteiger charge is 2.19. The second kappa shape index (κ2) is 8.15. The van der Waals surface area contributed by atoms with Crippen molar-refractivity contribution in [3.63, 3.8) is 0 Å². The van der Waals surface area contributed by atoms with Crippen LogP contribution in [0.25, 0.3) is 22.6 Å². The summed E-state index contributed by atoms with van der Waals surface area (Å²) in [6.45, 7) is 1.58. The van der Waals surface area contributed by atoms with Crippen LogP contribution in [0, 0.1) is 0 Å². The molecule has 0 spiro atoms. The van der Waals surface area contributed by atoms with Gasteiger partial charge in [0, 0.05) is 16.7 Å². The number of nitrogens with zero attached hydrogens (tertiary/aromatic N) is 1. The fourth-order valence-corrected chi connectivity index (χ4v) is 3.13. The molecule has 1 aromatic heterocycles. The molecule has 0 saturated heterocycles. The number of carbonyl (C=O) groups is 1. The van der Waals surface area contributed by atoms with Crippen molar-refractivity contribution in [2.75, 3.05) is 0 Å². The molecule has 0 bridgehead atoms. The molecule has 0 saturated carbocycles. The monoisotopic (exact) mass is 427 g/mol. The van der Waals surface area contributed by atoms with Gasteiger partial charge in [0.1, 0.15) is 17.0 Å². The highest BCUT2D eigenvalue weighted by atomic mass is 35.5. The van der Waals surface area contributed by atoms with E-state index in [1.165, 1.54) is 0 Å². The Hall–Kier alpha value is -3.02. The molecule has 29 heavy (non-hydrogen) atoms. The topological polar surface area (TPSA) is 61.6 Å². The molecule has 3 aromatic carbocycles. The summed E-state index contributed by atoms with van der Waals surface area (Å²) in [5.41, 5.74) is 2.05. The predicted octanol–water partition coefficient (Wildman–Crippen LogP) is 6.17. The van der Waals surface area contributed by atoms with Gasteiger partial charge in [-0.15, -0.1) is 0 Å². The van der Waals surface area contributed by atoms with Crippen LogP contribution in [0.15, 0.2) is 71.1 Å². The first-order valence-electron chi connectivity index (χ1n) is 8.79. The van der Waals surface area contributed by atoms with Gasteiger partial charge in [-0.3, -0.25) is 0 Å². The molecule has 146 valence electrons. The molecule has 5 nitrogen and oxygen atoms in total. The highest BCUT2D eigenvalue weighted by molar-refractivity contribution is 6.35. The van der Waals surface area contributed by atoms with Gasteiger partial charge in [0.2, 0.25) is 5.89 Å². The van der Waals surface area contributed by atoms with E-state index >= 15 is 0 Å². The van der Waals surface area contributed by atoms with Crippen LogP contribution in [0.2, 0.25) is 10.0 Å². The average molecular weight is 428 g/mol. The molecule has 0 N–H and O–H groups in total. The Bertz CT molecular complexity index is 1170. The van der Waals surface area contributed by atoms with Gasteiger partial charge in [0.15, 0.2) is 11.7 Å². The number of esters is 1. The third kappa shape index (κ3) is 4.36. The maximum Gasteiger partial charge on any atom is 0.352 e. The van der Waals surface area contributed by atoms with Crippen LogP contribution in [0.4, 0.5) is 0 Å². The zero-order chi connectivity index (χ0) is 20.4. The number of hydrogen-bond acceptors (Lipinski definition) is 5. The lowest BCUT2D eigenvalue weighted by molar-refractivity contribution is -0.141. The molecular formula is C22H15Cl2NO4. The molecule has 4 aromatic rings. The molecule has 0 aliphatic heterocycles. The van der Waals surface area contributed by atoms with Crippen LogP contribution in [0.1, 0.15) is 6.92 Å². The highest BCUT2D eigenvalue weighted by Crippen LogP contribution is 2.29. The summed E-state index contributed by atoms with van der Waals surface area (Å²) in [7, 11) is 0. The summed E-state index contributed by atoms with van der Waals surface area (Å²) >= 11 is 11.9. The minimum atomic E-state index is -0.876. The molecule has 7 heteroatoms. The van der Waals surface area contributed by atoms with Crippen LogP contribution in [-0.2, 0) is 4.79 Å². The fraction of sp³-hybridized carbons (Fsp3) is 0.0909. The van der Waals surface area contributed by atoms with Crippen LogP contribution >= 0.6 is 23.2 Å². The van der Waals surface area contributed by atoms with Crippen molar-refractivity contribution in [3.8, 4) is 23.0 Å². The van der Waals surface area contributed by atoms with Gasteiger partial charge >= 0.3 is 5.97 Å². The molecule has 0 radical (unpaired) electrons. The molecule has 1 unspecified atom stereocenters. The van der Waals surface area contributed by atoms with Crippen molar-refractivity contribution >= 4 is 40.3 Å². The van der Waals surface area contributed by atoms with E-state index < -0.39 is 12.1 Å². The number of rotatable bonds is 5. The van der Waals surface area contributed by atoms with Crippen molar-refractivity contribution in [2.45, 2.75) is 13.0 Å². The maximum absolute atomic E-state index is 12.4. The van der Waals surface area contributed by atoms with Gasteiger partial charge < -0.3 is 13.9 Å². The number of fused-ring (bicyclic) bond motifs is 1. The fourth-order valence-electron chi connectivity index (χ4n) is 2.68. The number of halogens is 2. The predicted molar refractivity (Wildman–Crippen MR) is 112 cm³/mol. The Balaban J connectivity index is 1.48. The van der Waals surface area contributed by atoms with Crippen molar-refractivity contribution in [1.82, 2.24) is 4.98 Å². The first kappa shape index (κ1) is 19.3. The first-order chi connectivity index (χ1) is 14.0. The SMILES string of the molecule is CC(Oc1ccc(Cl)cc1Cl)C(=O)Oc1ccc2nc(-c3ccccc3)oc2c1. The lowest BCUT2D eigenvalue weighted by atomic mass is 10.2. The first-order valence-corrected chi connectivity index (χ1v) is 9.54. The zero-order valence-corrected chi connectivity index (χ0v) is 16.8.